The molecule has 16 heteroatoms. The monoisotopic (exact) mass is 616 g/mol. The van der Waals surface area contributed by atoms with Gasteiger partial charge in [-0.05, 0) is 62.0 Å². The van der Waals surface area contributed by atoms with Gasteiger partial charge in [-0.1, -0.05) is 0 Å². The molecule has 0 aliphatic rings. The number of halogens is 2. The number of aromatic nitrogens is 2. The van der Waals surface area contributed by atoms with E-state index in [0.29, 0.717) is 15.6 Å². The lowest BCUT2D eigenvalue weighted by Gasteiger charge is -2.04. The summed E-state index contributed by atoms with van der Waals surface area (Å²) >= 11 is 4.00. The largest absolute Gasteiger partial charge is 0.768 e. The molecule has 1 unspecified atom stereocenters. The van der Waals surface area contributed by atoms with E-state index >= 15 is 0 Å². The maximum atomic E-state index is 11.5. The van der Waals surface area contributed by atoms with Crippen LogP contribution in [0.2, 0.25) is 0 Å². The third-order valence-corrected chi connectivity index (χ3v) is 5.61. The van der Waals surface area contributed by atoms with Crippen LogP contribution in [0.25, 0.3) is 0 Å². The number of carbonyl (C=O) groups excluding carboxylic acids is 2. The Labute approximate surface area is 204 Å². The van der Waals surface area contributed by atoms with Crippen molar-refractivity contribution in [1.82, 2.24) is 14.7 Å². The van der Waals surface area contributed by atoms with E-state index in [9.17, 15) is 26.8 Å². The van der Waals surface area contributed by atoms with Crippen molar-refractivity contribution in [1.29, 1.82) is 0 Å². The highest BCUT2D eigenvalue weighted by Gasteiger charge is 2.15. The summed E-state index contributed by atoms with van der Waals surface area (Å²) in [5, 5.41) is 0. The first-order chi connectivity index (χ1) is 14.9. The van der Waals surface area contributed by atoms with Gasteiger partial charge in [0.05, 0.1) is 19.7 Å². The van der Waals surface area contributed by atoms with Crippen LogP contribution in [0, 0.1) is 0 Å². The van der Waals surface area contributed by atoms with Crippen LogP contribution >= 0.6 is 31.9 Å². The molecule has 0 saturated carbocycles. The third kappa shape index (κ3) is 13.6. The average Bonchev–Trinajstić information content (AvgIpc) is 2.73. The topological polar surface area (TPSA) is 207 Å². The average molecular weight is 618 g/mol. The van der Waals surface area contributed by atoms with Crippen molar-refractivity contribution >= 4 is 64.8 Å². The number of rotatable bonds is 7. The van der Waals surface area contributed by atoms with Crippen molar-refractivity contribution in [3.05, 3.63) is 45.9 Å². The molecule has 0 fully saturated rings. The number of hydrogen-bond acceptors (Lipinski definition) is 10. The first-order valence-electron chi connectivity index (χ1n) is 8.36. The van der Waals surface area contributed by atoms with Crippen LogP contribution in [0.4, 0.5) is 0 Å². The minimum absolute atomic E-state index is 0.0200. The second-order valence-electron chi connectivity index (χ2n) is 5.21. The lowest BCUT2D eigenvalue weighted by atomic mass is 10.5. The second-order valence-corrected chi connectivity index (χ2v) is 9.75. The number of ether oxygens (including phenoxy) is 1. The van der Waals surface area contributed by atoms with Crippen LogP contribution in [0.1, 0.15) is 6.92 Å². The Bertz CT molecular complexity index is 1030. The quantitative estimate of drug-likeness (QED) is 0.284. The molecule has 0 spiro atoms. The molecule has 5 N–H and O–H groups in total. The molecular weight excluding hydrogens is 598 g/mol. The fraction of sp³-hybridized carbons (Fsp3) is 0.250. The molecular formula is C16H20Br2N5O7S2-. The molecule has 2 heterocycles. The zero-order valence-corrected chi connectivity index (χ0v) is 21.4. The van der Waals surface area contributed by atoms with E-state index in [1.165, 1.54) is 36.9 Å². The summed E-state index contributed by atoms with van der Waals surface area (Å²) < 4.78 is 51.3. The van der Waals surface area contributed by atoms with Crippen molar-refractivity contribution in [2.75, 3.05) is 19.7 Å². The number of nitrogens with two attached hydrogens (primary N) is 2. The van der Waals surface area contributed by atoms with Gasteiger partial charge in [-0.3, -0.25) is 23.8 Å². The Hall–Kier alpha value is -1.82. The molecule has 178 valence electrons. The van der Waals surface area contributed by atoms with Gasteiger partial charge in [0.15, 0.2) is 0 Å². The summed E-state index contributed by atoms with van der Waals surface area (Å²) in [6.45, 7) is 1.70. The number of amides is 1. The van der Waals surface area contributed by atoms with E-state index in [2.05, 4.69) is 46.6 Å². The minimum Gasteiger partial charge on any atom is -0.768 e. The number of sulfonamides is 1. The number of nitrogens with zero attached hydrogens (tertiary/aromatic N) is 2. The van der Waals surface area contributed by atoms with E-state index in [1.807, 2.05) is 4.72 Å². The number of carbonyl (C=O) groups is 2. The summed E-state index contributed by atoms with van der Waals surface area (Å²) in [5.41, 5.74) is 9.70. The van der Waals surface area contributed by atoms with E-state index in [-0.39, 0.29) is 22.3 Å². The molecule has 2 rings (SSSR count). The van der Waals surface area contributed by atoms with Gasteiger partial charge >= 0.3 is 5.97 Å². The maximum absolute atomic E-state index is 11.5. The molecule has 0 aliphatic carbocycles. The molecule has 1 atom stereocenters. The zero-order chi connectivity index (χ0) is 24.7. The van der Waals surface area contributed by atoms with Crippen LogP contribution in [0.5, 0.6) is 0 Å². The summed E-state index contributed by atoms with van der Waals surface area (Å²) in [6.07, 6.45) is 5.44. The number of primary amides is 1. The fourth-order valence-corrected chi connectivity index (χ4v) is 3.88. The van der Waals surface area contributed by atoms with Crippen molar-refractivity contribution in [3.63, 3.8) is 0 Å². The lowest BCUT2D eigenvalue weighted by Crippen LogP contribution is -2.33. The summed E-state index contributed by atoms with van der Waals surface area (Å²) in [6, 6.07) is 2.85. The van der Waals surface area contributed by atoms with E-state index in [4.69, 9.17) is 11.5 Å². The predicted molar refractivity (Wildman–Crippen MR) is 121 cm³/mol. The Balaban J connectivity index is 0.000000489. The van der Waals surface area contributed by atoms with Gasteiger partial charge < -0.3 is 20.8 Å². The van der Waals surface area contributed by atoms with Gasteiger partial charge in [0.25, 0.3) is 0 Å². The number of hydrogen-bond donors (Lipinski definition) is 3. The van der Waals surface area contributed by atoms with Crippen LogP contribution in [0.15, 0.2) is 55.7 Å². The Morgan fingerprint density at radius 2 is 1.72 bits per heavy atom. The van der Waals surface area contributed by atoms with Gasteiger partial charge in [0, 0.05) is 38.6 Å². The van der Waals surface area contributed by atoms with Crippen molar-refractivity contribution in [2.45, 2.75) is 16.7 Å². The standard InChI is InChI=1S/C7H8BrN3O3S.C5H4BrNO2S.C4H9NO2/c8-5-1-6(3-10-2-5)15(13,14)11-4-7(9)12;6-4-1-5(10(8)9)3-7-2-4;1-2-7-4(6)3-5/h1-3,11H,4H2,(H2,9,12);1-3H,(H,8,9);2-3,5H2,1H3/p-1. The summed E-state index contributed by atoms with van der Waals surface area (Å²) in [7, 11) is -3.72. The third-order valence-electron chi connectivity index (χ3n) is 2.77. The van der Waals surface area contributed by atoms with Crippen LogP contribution < -0.4 is 16.2 Å². The highest BCUT2D eigenvalue weighted by molar-refractivity contribution is 9.10. The van der Waals surface area contributed by atoms with E-state index in [0.717, 1.165) is 0 Å². The number of nitrogens with one attached hydrogen (secondary N) is 1. The van der Waals surface area contributed by atoms with Gasteiger partial charge in [-0.2, -0.15) is 0 Å². The van der Waals surface area contributed by atoms with Gasteiger partial charge in [0.1, 0.15) is 4.90 Å². The molecule has 2 aromatic heterocycles. The molecule has 2 aromatic rings. The molecule has 1 amide bonds. The zero-order valence-electron chi connectivity index (χ0n) is 16.6. The van der Waals surface area contributed by atoms with Crippen molar-refractivity contribution in [3.8, 4) is 0 Å². The van der Waals surface area contributed by atoms with Crippen LogP contribution in [-0.2, 0) is 35.4 Å². The van der Waals surface area contributed by atoms with Crippen molar-refractivity contribution < 1.29 is 31.5 Å². The summed E-state index contributed by atoms with van der Waals surface area (Å²) in [5.74, 6) is -1.09. The Morgan fingerprint density at radius 3 is 2.09 bits per heavy atom. The van der Waals surface area contributed by atoms with E-state index in [1.54, 1.807) is 6.92 Å². The number of esters is 1. The normalized spacial score (nSPS) is 11.2. The van der Waals surface area contributed by atoms with Gasteiger partial charge in [-0.15, -0.1) is 0 Å². The van der Waals surface area contributed by atoms with Crippen LogP contribution in [-0.4, -0.2) is 58.7 Å². The van der Waals surface area contributed by atoms with Crippen LogP contribution in [0.3, 0.4) is 0 Å². The first-order valence-corrected chi connectivity index (χ1v) is 12.5. The maximum Gasteiger partial charge on any atom is 0.319 e. The Morgan fingerprint density at radius 1 is 1.16 bits per heavy atom. The van der Waals surface area contributed by atoms with E-state index < -0.39 is 33.6 Å². The highest BCUT2D eigenvalue weighted by atomic mass is 79.9. The highest BCUT2D eigenvalue weighted by Crippen LogP contribution is 2.13. The molecule has 12 nitrogen and oxygen atoms in total. The molecule has 0 aromatic carbocycles. The SMILES string of the molecule is CCOC(=O)CN.NC(=O)CNS(=O)(=O)c1cncc(Br)c1.O=S([O-])c1cncc(Br)c1. The van der Waals surface area contributed by atoms with Gasteiger partial charge in [0.2, 0.25) is 15.9 Å². The second kappa shape index (κ2) is 15.9. The fourth-order valence-electron chi connectivity index (χ4n) is 1.49. The lowest BCUT2D eigenvalue weighted by molar-refractivity contribution is -0.141. The molecule has 0 bridgehead atoms. The molecule has 0 radical (unpaired) electrons. The minimum atomic E-state index is -3.72. The molecule has 0 saturated heterocycles. The van der Waals surface area contributed by atoms with Gasteiger partial charge in [-0.25, -0.2) is 13.1 Å². The Kier molecular flexibility index (Phi) is 15.0. The smallest absolute Gasteiger partial charge is 0.319 e. The van der Waals surface area contributed by atoms with Crippen molar-refractivity contribution in [2.24, 2.45) is 11.5 Å². The molecule has 32 heavy (non-hydrogen) atoms. The first kappa shape index (κ1) is 30.2. The molecule has 0 aliphatic heterocycles. The summed E-state index contributed by atoms with van der Waals surface area (Å²) in [4.78, 5) is 28.0. The number of pyridine rings is 2. The predicted octanol–water partition coefficient (Wildman–Crippen LogP) is 0.198.